The number of hydrogen-bond donors (Lipinski definition) is 1. The molecule has 2 aromatic carbocycles. The second-order valence-electron chi connectivity index (χ2n) is 8.33. The number of hydrogen-bond acceptors (Lipinski definition) is 7. The largest absolute Gasteiger partial charge is 0.493 e. The molecule has 186 valence electrons. The lowest BCUT2D eigenvalue weighted by molar-refractivity contribution is 0.0718. The van der Waals surface area contributed by atoms with E-state index in [4.69, 9.17) is 25.8 Å². The summed E-state index contributed by atoms with van der Waals surface area (Å²) in [6, 6.07) is 8.41. The van der Waals surface area contributed by atoms with Gasteiger partial charge in [-0.15, -0.1) is 0 Å². The van der Waals surface area contributed by atoms with Crippen LogP contribution < -0.4 is 14.8 Å². The summed E-state index contributed by atoms with van der Waals surface area (Å²) in [5.74, 6) is 0.951. The van der Waals surface area contributed by atoms with Crippen molar-refractivity contribution in [3.63, 3.8) is 0 Å². The van der Waals surface area contributed by atoms with Crippen LogP contribution in [0.1, 0.15) is 32.6 Å². The number of amides is 1. The number of carbonyl (C=O) groups excluding carboxylic acids is 1. The molecule has 1 N–H and O–H groups in total. The minimum Gasteiger partial charge on any atom is -0.493 e. The summed E-state index contributed by atoms with van der Waals surface area (Å²) in [6.07, 6.45) is 4.22. The van der Waals surface area contributed by atoms with Crippen LogP contribution in [0.5, 0.6) is 11.5 Å². The van der Waals surface area contributed by atoms with Crippen LogP contribution in [0.25, 0.3) is 10.9 Å². The number of benzene rings is 2. The van der Waals surface area contributed by atoms with Crippen molar-refractivity contribution >= 4 is 40.1 Å². The first-order valence-corrected chi connectivity index (χ1v) is 11.9. The Balaban J connectivity index is 1.54. The number of halogens is 2. The molecule has 0 unspecified atom stereocenters. The van der Waals surface area contributed by atoms with Crippen LogP contribution in [-0.2, 0) is 4.74 Å². The number of methoxy groups -OCH3 is 1. The molecule has 1 amide bonds. The van der Waals surface area contributed by atoms with Gasteiger partial charge in [0.05, 0.1) is 36.0 Å². The summed E-state index contributed by atoms with van der Waals surface area (Å²) >= 11 is 5.92. The Labute approximate surface area is 208 Å². The second kappa shape index (κ2) is 10.9. The zero-order valence-electron chi connectivity index (χ0n) is 19.9. The van der Waals surface area contributed by atoms with Crippen molar-refractivity contribution in [1.29, 1.82) is 0 Å². The Morgan fingerprint density at radius 1 is 1.20 bits per heavy atom. The van der Waals surface area contributed by atoms with Crippen LogP contribution in [-0.4, -0.2) is 53.9 Å². The highest BCUT2D eigenvalue weighted by molar-refractivity contribution is 6.31. The van der Waals surface area contributed by atoms with E-state index in [1.807, 2.05) is 0 Å². The van der Waals surface area contributed by atoms with Gasteiger partial charge in [-0.25, -0.2) is 19.2 Å². The molecular formula is C25H28ClFN4O4. The molecule has 8 nitrogen and oxygen atoms in total. The molecular weight excluding hydrogens is 475 g/mol. The van der Waals surface area contributed by atoms with Gasteiger partial charge >= 0.3 is 6.09 Å². The van der Waals surface area contributed by atoms with Crippen LogP contribution in [0.3, 0.4) is 0 Å². The van der Waals surface area contributed by atoms with Crippen molar-refractivity contribution in [3.8, 4) is 11.5 Å². The van der Waals surface area contributed by atoms with E-state index in [1.165, 1.54) is 12.4 Å². The van der Waals surface area contributed by atoms with E-state index in [-0.39, 0.29) is 28.9 Å². The summed E-state index contributed by atoms with van der Waals surface area (Å²) in [6.45, 7) is 2.15. The SMILES string of the molecule is CCOC(=O)N(C)C1CCC(Oc2cc3c(Nc4cccc(Cl)c4F)ncnc3cc2OC)CC1. The number of nitrogens with one attached hydrogen (secondary N) is 1. The molecule has 4 rings (SSSR count). The number of fused-ring (bicyclic) bond motifs is 1. The first-order valence-electron chi connectivity index (χ1n) is 11.5. The molecule has 1 saturated carbocycles. The van der Waals surface area contributed by atoms with Crippen molar-refractivity contribution in [2.45, 2.75) is 44.8 Å². The third kappa shape index (κ3) is 5.51. The Bertz CT molecular complexity index is 1200. The van der Waals surface area contributed by atoms with Crippen LogP contribution in [0, 0.1) is 5.82 Å². The van der Waals surface area contributed by atoms with Crippen LogP contribution in [0.15, 0.2) is 36.7 Å². The molecule has 0 radical (unpaired) electrons. The molecule has 0 atom stereocenters. The molecule has 1 aliphatic carbocycles. The van der Waals surface area contributed by atoms with E-state index in [9.17, 15) is 9.18 Å². The Morgan fingerprint density at radius 3 is 2.69 bits per heavy atom. The molecule has 3 aromatic rings. The monoisotopic (exact) mass is 502 g/mol. The quantitative estimate of drug-likeness (QED) is 0.427. The molecule has 0 saturated heterocycles. The van der Waals surface area contributed by atoms with E-state index in [2.05, 4.69) is 15.3 Å². The van der Waals surface area contributed by atoms with Gasteiger partial charge in [0, 0.05) is 24.5 Å². The number of nitrogens with zero attached hydrogens (tertiary/aromatic N) is 3. The van der Waals surface area contributed by atoms with E-state index in [1.54, 1.807) is 50.2 Å². The van der Waals surface area contributed by atoms with Gasteiger partial charge in [-0.05, 0) is 50.8 Å². The summed E-state index contributed by atoms with van der Waals surface area (Å²) in [4.78, 5) is 22.3. The number of ether oxygens (including phenoxy) is 3. The highest BCUT2D eigenvalue weighted by atomic mass is 35.5. The molecule has 0 spiro atoms. The normalized spacial score (nSPS) is 17.6. The van der Waals surface area contributed by atoms with E-state index in [0.29, 0.717) is 34.8 Å². The van der Waals surface area contributed by atoms with Crippen LogP contribution in [0.2, 0.25) is 5.02 Å². The average Bonchev–Trinajstić information content (AvgIpc) is 2.87. The van der Waals surface area contributed by atoms with Gasteiger partial charge in [-0.3, -0.25) is 0 Å². The average molecular weight is 503 g/mol. The van der Waals surface area contributed by atoms with E-state index < -0.39 is 5.82 Å². The highest BCUT2D eigenvalue weighted by Crippen LogP contribution is 2.37. The van der Waals surface area contributed by atoms with Crippen LogP contribution >= 0.6 is 11.6 Å². The molecule has 1 aliphatic rings. The summed E-state index contributed by atoms with van der Waals surface area (Å²) in [5.41, 5.74) is 0.828. The lowest BCUT2D eigenvalue weighted by atomic mass is 9.92. The standard InChI is InChI=1S/C25H28ClFN4O4/c1-4-34-25(32)31(2)15-8-10-16(11-9-15)35-22-12-17-20(13-21(22)33-3)28-14-29-24(17)30-19-7-5-6-18(26)23(19)27/h5-7,12-16H,4,8-11H2,1-3H3,(H,28,29,30). The van der Waals surface area contributed by atoms with Crippen molar-refractivity contribution in [2.24, 2.45) is 0 Å². The topological polar surface area (TPSA) is 85.8 Å². The molecule has 1 aromatic heterocycles. The molecule has 10 heteroatoms. The van der Waals surface area contributed by atoms with Crippen LogP contribution in [0.4, 0.5) is 20.7 Å². The third-order valence-electron chi connectivity index (χ3n) is 6.17. The lowest BCUT2D eigenvalue weighted by Gasteiger charge is -2.34. The van der Waals surface area contributed by atoms with Gasteiger partial charge in [0.25, 0.3) is 0 Å². The minimum atomic E-state index is -0.560. The van der Waals surface area contributed by atoms with Gasteiger partial charge in [0.1, 0.15) is 12.1 Å². The maximum Gasteiger partial charge on any atom is 0.409 e. The van der Waals surface area contributed by atoms with Crippen molar-refractivity contribution < 1.29 is 23.4 Å². The molecule has 1 fully saturated rings. The molecule has 0 aliphatic heterocycles. The van der Waals surface area contributed by atoms with Crippen molar-refractivity contribution in [3.05, 3.63) is 47.5 Å². The summed E-state index contributed by atoms with van der Waals surface area (Å²) < 4.78 is 31.5. The zero-order chi connectivity index (χ0) is 24.9. The maximum atomic E-state index is 14.5. The smallest absolute Gasteiger partial charge is 0.409 e. The Kier molecular flexibility index (Phi) is 7.75. The minimum absolute atomic E-state index is 0.0169. The Hall–Kier alpha value is -3.33. The first kappa shape index (κ1) is 24.8. The molecule has 0 bridgehead atoms. The summed E-state index contributed by atoms with van der Waals surface area (Å²) in [7, 11) is 3.34. The number of anilines is 2. The highest BCUT2D eigenvalue weighted by Gasteiger charge is 2.29. The fourth-order valence-corrected chi connectivity index (χ4v) is 4.42. The predicted octanol–water partition coefficient (Wildman–Crippen LogP) is 5.95. The maximum absolute atomic E-state index is 14.5. The molecule has 35 heavy (non-hydrogen) atoms. The first-order chi connectivity index (χ1) is 16.9. The van der Waals surface area contributed by atoms with Crippen molar-refractivity contribution in [1.82, 2.24) is 14.9 Å². The van der Waals surface area contributed by atoms with Gasteiger partial charge < -0.3 is 24.4 Å². The van der Waals surface area contributed by atoms with E-state index in [0.717, 1.165) is 25.7 Å². The third-order valence-corrected chi connectivity index (χ3v) is 6.46. The lowest BCUT2D eigenvalue weighted by Crippen LogP contribution is -2.41. The Morgan fingerprint density at radius 2 is 1.97 bits per heavy atom. The number of aromatic nitrogens is 2. The second-order valence-corrected chi connectivity index (χ2v) is 8.73. The van der Waals surface area contributed by atoms with Gasteiger partial charge in [-0.2, -0.15) is 0 Å². The fraction of sp³-hybridized carbons (Fsp3) is 0.400. The van der Waals surface area contributed by atoms with E-state index >= 15 is 0 Å². The van der Waals surface area contributed by atoms with Gasteiger partial charge in [0.15, 0.2) is 17.3 Å². The number of carbonyl (C=O) groups is 1. The fourth-order valence-electron chi connectivity index (χ4n) is 4.25. The summed E-state index contributed by atoms with van der Waals surface area (Å²) in [5, 5.41) is 3.68. The van der Waals surface area contributed by atoms with Gasteiger partial charge in [0.2, 0.25) is 0 Å². The van der Waals surface area contributed by atoms with Gasteiger partial charge in [-0.1, -0.05) is 17.7 Å². The number of rotatable bonds is 7. The predicted molar refractivity (Wildman–Crippen MR) is 132 cm³/mol. The molecule has 1 heterocycles. The van der Waals surface area contributed by atoms with Crippen molar-refractivity contribution in [2.75, 3.05) is 26.1 Å². The zero-order valence-corrected chi connectivity index (χ0v) is 20.6.